The lowest BCUT2D eigenvalue weighted by molar-refractivity contribution is -0.119. The number of nitrogens with two attached hydrogens (primary N) is 1. The molecule has 0 spiro atoms. The van der Waals surface area contributed by atoms with Crippen LogP contribution in [0.15, 0.2) is 80.4 Å². The zero-order chi connectivity index (χ0) is 24.0. The van der Waals surface area contributed by atoms with Gasteiger partial charge in [-0.1, -0.05) is 40.2 Å². The van der Waals surface area contributed by atoms with Gasteiger partial charge in [0.1, 0.15) is 11.3 Å². The van der Waals surface area contributed by atoms with E-state index in [0.29, 0.717) is 28.0 Å². The topological polar surface area (TPSA) is 103 Å². The molecule has 4 aromatic rings. The first-order valence-electron chi connectivity index (χ1n) is 10.5. The minimum Gasteiger partial charge on any atom is -0.484 e. The number of primary amides is 1. The maximum atomic E-state index is 13.7. The van der Waals surface area contributed by atoms with Crippen molar-refractivity contribution in [1.82, 2.24) is 0 Å². The summed E-state index contributed by atoms with van der Waals surface area (Å²) in [7, 11) is 0. The average molecular weight is 519 g/mol. The van der Waals surface area contributed by atoms with E-state index in [0.717, 1.165) is 10.0 Å². The average Bonchev–Trinajstić information content (AvgIpc) is 3.11. The Morgan fingerprint density at radius 1 is 1.09 bits per heavy atom. The molecule has 1 aliphatic heterocycles. The third-order valence-electron chi connectivity index (χ3n) is 5.69. The molecule has 0 saturated carbocycles. The number of amides is 2. The summed E-state index contributed by atoms with van der Waals surface area (Å²) in [5, 5.41) is 0.387. The van der Waals surface area contributed by atoms with Crippen LogP contribution >= 0.6 is 15.9 Å². The standard InChI is InChI=1S/C26H19BrN2O5/c1-14-3-2-4-17(11-14)29-23(15-5-8-18(9-6-15)33-13-21(28)30)22-24(31)19-12-16(27)7-10-20(19)34-25(22)26(29)32/h2-12,23H,13H2,1H3,(H2,28,30). The van der Waals surface area contributed by atoms with Gasteiger partial charge >= 0.3 is 0 Å². The Kier molecular flexibility index (Phi) is 5.45. The second-order valence-electron chi connectivity index (χ2n) is 8.06. The van der Waals surface area contributed by atoms with E-state index in [1.165, 1.54) is 0 Å². The van der Waals surface area contributed by atoms with Crippen molar-refractivity contribution in [3.8, 4) is 5.75 Å². The van der Waals surface area contributed by atoms with E-state index in [1.807, 2.05) is 31.2 Å². The predicted molar refractivity (Wildman–Crippen MR) is 131 cm³/mol. The number of hydrogen-bond donors (Lipinski definition) is 1. The molecule has 2 heterocycles. The highest BCUT2D eigenvalue weighted by Gasteiger charge is 2.43. The number of halogens is 1. The molecular formula is C26H19BrN2O5. The SMILES string of the molecule is Cc1cccc(N2C(=O)c3oc4ccc(Br)cc4c(=O)c3C2c2ccc(OCC(N)=O)cc2)c1. The Hall–Kier alpha value is -3.91. The molecule has 0 radical (unpaired) electrons. The Morgan fingerprint density at radius 2 is 1.85 bits per heavy atom. The van der Waals surface area contributed by atoms with Gasteiger partial charge in [0.05, 0.1) is 17.0 Å². The minimum absolute atomic E-state index is 0.0281. The number of hydrogen-bond acceptors (Lipinski definition) is 5. The van der Waals surface area contributed by atoms with Crippen molar-refractivity contribution in [2.24, 2.45) is 5.73 Å². The molecule has 7 nitrogen and oxygen atoms in total. The highest BCUT2D eigenvalue weighted by Crippen LogP contribution is 2.41. The summed E-state index contributed by atoms with van der Waals surface area (Å²) in [5.41, 5.74) is 7.84. The van der Waals surface area contributed by atoms with Crippen LogP contribution in [0.3, 0.4) is 0 Å². The van der Waals surface area contributed by atoms with Crippen LogP contribution in [0.5, 0.6) is 5.75 Å². The molecule has 170 valence electrons. The molecule has 0 bridgehead atoms. The number of aryl methyl sites for hydroxylation is 1. The van der Waals surface area contributed by atoms with Crippen molar-refractivity contribution in [3.05, 3.63) is 104 Å². The minimum atomic E-state index is -0.700. The van der Waals surface area contributed by atoms with E-state index in [-0.39, 0.29) is 29.3 Å². The molecule has 5 rings (SSSR count). The highest BCUT2D eigenvalue weighted by atomic mass is 79.9. The molecule has 34 heavy (non-hydrogen) atoms. The normalized spacial score (nSPS) is 14.9. The monoisotopic (exact) mass is 518 g/mol. The van der Waals surface area contributed by atoms with Gasteiger partial charge in [-0.25, -0.2) is 0 Å². The Bertz CT molecular complexity index is 1510. The van der Waals surface area contributed by atoms with E-state index in [9.17, 15) is 14.4 Å². The molecule has 1 atom stereocenters. The van der Waals surface area contributed by atoms with Gasteiger partial charge in [-0.2, -0.15) is 0 Å². The van der Waals surface area contributed by atoms with Crippen LogP contribution in [-0.4, -0.2) is 18.4 Å². The van der Waals surface area contributed by atoms with Crippen LogP contribution in [0.25, 0.3) is 11.0 Å². The van der Waals surface area contributed by atoms with Crippen molar-refractivity contribution < 1.29 is 18.7 Å². The molecular weight excluding hydrogens is 500 g/mol. The van der Waals surface area contributed by atoms with Gasteiger partial charge in [-0.3, -0.25) is 19.3 Å². The third-order valence-corrected chi connectivity index (χ3v) is 6.18. The van der Waals surface area contributed by atoms with Crippen LogP contribution in [0.2, 0.25) is 0 Å². The molecule has 0 aliphatic carbocycles. The second-order valence-corrected chi connectivity index (χ2v) is 8.97. The van der Waals surface area contributed by atoms with Crippen molar-refractivity contribution in [2.45, 2.75) is 13.0 Å². The molecule has 0 saturated heterocycles. The molecule has 1 unspecified atom stereocenters. The summed E-state index contributed by atoms with van der Waals surface area (Å²) in [4.78, 5) is 39.9. The van der Waals surface area contributed by atoms with Gasteiger partial charge < -0.3 is 14.9 Å². The molecule has 3 aromatic carbocycles. The van der Waals surface area contributed by atoms with Crippen molar-refractivity contribution in [3.63, 3.8) is 0 Å². The first kappa shape index (κ1) is 21.9. The predicted octanol–water partition coefficient (Wildman–Crippen LogP) is 4.48. The van der Waals surface area contributed by atoms with Crippen LogP contribution < -0.4 is 20.8 Å². The van der Waals surface area contributed by atoms with E-state index in [4.69, 9.17) is 14.9 Å². The largest absolute Gasteiger partial charge is 0.484 e. The van der Waals surface area contributed by atoms with Gasteiger partial charge in [0.2, 0.25) is 5.76 Å². The summed E-state index contributed by atoms with van der Waals surface area (Å²) in [6.45, 7) is 1.69. The lowest BCUT2D eigenvalue weighted by Crippen LogP contribution is -2.29. The number of benzene rings is 3. The summed E-state index contributed by atoms with van der Waals surface area (Å²) in [6.07, 6.45) is 0. The van der Waals surface area contributed by atoms with Crippen LogP contribution in [0, 0.1) is 6.92 Å². The number of anilines is 1. The Morgan fingerprint density at radius 3 is 2.56 bits per heavy atom. The molecule has 2 N–H and O–H groups in total. The van der Waals surface area contributed by atoms with Gasteiger partial charge in [-0.15, -0.1) is 0 Å². The first-order valence-corrected chi connectivity index (χ1v) is 11.3. The maximum absolute atomic E-state index is 13.7. The molecule has 1 aliphatic rings. The summed E-state index contributed by atoms with van der Waals surface area (Å²) in [6, 6.07) is 18.8. The number of carbonyl (C=O) groups is 2. The molecule has 0 fully saturated rings. The first-order chi connectivity index (χ1) is 16.3. The summed E-state index contributed by atoms with van der Waals surface area (Å²) in [5.74, 6) is -0.494. The van der Waals surface area contributed by atoms with E-state index in [1.54, 1.807) is 47.4 Å². The Balaban J connectivity index is 1.70. The number of ether oxygens (including phenoxy) is 1. The fraction of sp³-hybridized carbons (Fsp3) is 0.115. The Labute approximate surface area is 202 Å². The molecule has 1 aromatic heterocycles. The van der Waals surface area contributed by atoms with Crippen molar-refractivity contribution in [1.29, 1.82) is 0 Å². The number of rotatable bonds is 5. The fourth-order valence-corrected chi connectivity index (χ4v) is 4.57. The zero-order valence-electron chi connectivity index (χ0n) is 18.1. The quantitative estimate of drug-likeness (QED) is 0.419. The maximum Gasteiger partial charge on any atom is 0.295 e. The van der Waals surface area contributed by atoms with Crippen molar-refractivity contribution >= 4 is 44.4 Å². The van der Waals surface area contributed by atoms with E-state index < -0.39 is 11.9 Å². The van der Waals surface area contributed by atoms with E-state index in [2.05, 4.69) is 15.9 Å². The third kappa shape index (κ3) is 3.76. The molecule has 8 heteroatoms. The van der Waals surface area contributed by atoms with Crippen LogP contribution in [0.1, 0.15) is 33.3 Å². The van der Waals surface area contributed by atoms with E-state index >= 15 is 0 Å². The zero-order valence-corrected chi connectivity index (χ0v) is 19.7. The smallest absolute Gasteiger partial charge is 0.295 e. The summed E-state index contributed by atoms with van der Waals surface area (Å²) < 4.78 is 12.1. The van der Waals surface area contributed by atoms with Crippen LogP contribution in [0.4, 0.5) is 5.69 Å². The highest BCUT2D eigenvalue weighted by molar-refractivity contribution is 9.10. The second kappa shape index (κ2) is 8.46. The van der Waals surface area contributed by atoms with Gasteiger partial charge in [-0.05, 0) is 60.5 Å². The lowest BCUT2D eigenvalue weighted by atomic mass is 9.98. The van der Waals surface area contributed by atoms with Crippen molar-refractivity contribution in [2.75, 3.05) is 11.5 Å². The van der Waals surface area contributed by atoms with Gasteiger partial charge in [0.25, 0.3) is 11.8 Å². The fourth-order valence-electron chi connectivity index (χ4n) is 4.21. The summed E-state index contributed by atoms with van der Waals surface area (Å²) >= 11 is 3.40. The number of nitrogens with zero attached hydrogens (tertiary/aromatic N) is 1. The van der Waals surface area contributed by atoms with Crippen LogP contribution in [-0.2, 0) is 4.79 Å². The van der Waals surface area contributed by atoms with Gasteiger partial charge in [0, 0.05) is 10.2 Å². The van der Waals surface area contributed by atoms with Gasteiger partial charge in [0.15, 0.2) is 12.0 Å². The lowest BCUT2D eigenvalue weighted by Gasteiger charge is -2.25. The molecule has 2 amide bonds. The number of fused-ring (bicyclic) bond motifs is 2. The number of carbonyl (C=O) groups excluding carboxylic acids is 2.